The van der Waals surface area contributed by atoms with Crippen LogP contribution in [0.2, 0.25) is 5.02 Å². The van der Waals surface area contributed by atoms with Gasteiger partial charge in [-0.05, 0) is 86.4 Å². The molecule has 5 atom stereocenters. The van der Waals surface area contributed by atoms with E-state index in [1.165, 1.54) is 11.1 Å². The Morgan fingerprint density at radius 1 is 1.17 bits per heavy atom. The summed E-state index contributed by atoms with van der Waals surface area (Å²) in [5.74, 6) is 0.125. The van der Waals surface area contributed by atoms with E-state index in [9.17, 15) is 13.8 Å². The zero-order valence-corrected chi connectivity index (χ0v) is 29.0. The Labute approximate surface area is 278 Å². The van der Waals surface area contributed by atoms with Crippen molar-refractivity contribution in [2.45, 2.75) is 82.3 Å². The van der Waals surface area contributed by atoms with Gasteiger partial charge in [-0.2, -0.15) is 0 Å². The van der Waals surface area contributed by atoms with Crippen LogP contribution in [0.25, 0.3) is 0 Å². The van der Waals surface area contributed by atoms with Crippen LogP contribution < -0.4 is 14.4 Å². The Bertz CT molecular complexity index is 1600. The van der Waals surface area contributed by atoms with E-state index in [0.717, 1.165) is 37.9 Å². The summed E-state index contributed by atoms with van der Waals surface area (Å²) in [5, 5.41) is 0.714. The van der Waals surface area contributed by atoms with Crippen molar-refractivity contribution >= 4 is 39.0 Å². The van der Waals surface area contributed by atoms with Crippen LogP contribution in [0.3, 0.4) is 0 Å². The number of hydrogen-bond acceptors (Lipinski definition) is 7. The largest absolute Gasteiger partial charge is 0.491 e. The third-order valence-corrected chi connectivity index (χ3v) is 11.4. The zero-order chi connectivity index (χ0) is 33.1. The van der Waals surface area contributed by atoms with Crippen molar-refractivity contribution in [2.24, 2.45) is 16.2 Å². The number of ether oxygens (including phenoxy) is 3. The molecule has 9 nitrogen and oxygen atoms in total. The Kier molecular flexibility index (Phi) is 10.8. The standard InChI is InChI=1S/C35H46ClN3O6S/c1-6-9-23-18-26(36)12-15-28(23)25-21-39-20-24-11-14-29(24)31(43-5)10-8-17-45-35(3,4)34(41)38-46(42,37-33(40)7-2)27-13-16-32(44-22-25)30(39)19-27/h8,10,12-13,15-16,18-19,24-25,29,31H,6-7,9,11,14,17,20-22H2,1-5H3,(H,37,38,40,41,42)/b10-8+/t24-,25?,29?,31?,46?/m0/s1. The minimum atomic E-state index is -3.71. The first-order valence-corrected chi connectivity index (χ1v) is 18.1. The molecule has 1 fully saturated rings. The van der Waals surface area contributed by atoms with E-state index in [0.29, 0.717) is 35.8 Å². The number of anilines is 1. The fraction of sp³-hybridized carbons (Fsp3) is 0.543. The Balaban J connectivity index is 1.65. The number of carbonyl (C=O) groups excluding carboxylic acids is 2. The molecule has 3 aliphatic rings. The van der Waals surface area contributed by atoms with Crippen molar-refractivity contribution in [1.82, 2.24) is 4.72 Å². The summed E-state index contributed by atoms with van der Waals surface area (Å²) in [4.78, 5) is 28.7. The monoisotopic (exact) mass is 671 g/mol. The molecule has 1 aliphatic carbocycles. The molecule has 0 radical (unpaired) electrons. The van der Waals surface area contributed by atoms with Crippen LogP contribution in [0.4, 0.5) is 5.69 Å². The van der Waals surface area contributed by atoms with E-state index >= 15 is 0 Å². The fourth-order valence-corrected chi connectivity index (χ4v) is 8.39. The minimum Gasteiger partial charge on any atom is -0.491 e. The summed E-state index contributed by atoms with van der Waals surface area (Å²) in [6.07, 6.45) is 7.84. The molecule has 11 heteroatoms. The molecular weight excluding hydrogens is 626 g/mol. The van der Waals surface area contributed by atoms with Gasteiger partial charge in [-0.15, -0.1) is 4.36 Å². The number of carbonyl (C=O) groups is 2. The number of nitrogens with zero attached hydrogens (tertiary/aromatic N) is 2. The van der Waals surface area contributed by atoms with Gasteiger partial charge >= 0.3 is 0 Å². The molecule has 5 rings (SSSR count). The molecule has 46 heavy (non-hydrogen) atoms. The van der Waals surface area contributed by atoms with E-state index in [1.54, 1.807) is 46.1 Å². The maximum atomic E-state index is 14.6. The average Bonchev–Trinajstić information content (AvgIpc) is 3.19. The molecule has 1 saturated carbocycles. The van der Waals surface area contributed by atoms with Crippen molar-refractivity contribution < 1.29 is 28.0 Å². The molecule has 0 spiro atoms. The van der Waals surface area contributed by atoms with Crippen molar-refractivity contribution in [3.8, 4) is 5.75 Å². The van der Waals surface area contributed by atoms with Gasteiger partial charge in [0.05, 0.1) is 29.9 Å². The van der Waals surface area contributed by atoms with E-state index in [4.69, 9.17) is 25.8 Å². The number of fused-ring (bicyclic) bond motifs is 2. The molecule has 2 aliphatic heterocycles. The van der Waals surface area contributed by atoms with Crippen molar-refractivity contribution in [3.63, 3.8) is 0 Å². The van der Waals surface area contributed by atoms with Gasteiger partial charge in [0.1, 0.15) is 11.4 Å². The van der Waals surface area contributed by atoms with Gasteiger partial charge < -0.3 is 19.1 Å². The van der Waals surface area contributed by atoms with Gasteiger partial charge in [-0.25, -0.2) is 4.21 Å². The molecule has 2 amide bonds. The molecule has 0 aromatic heterocycles. The fourth-order valence-electron chi connectivity index (χ4n) is 6.49. The Morgan fingerprint density at radius 3 is 2.67 bits per heavy atom. The maximum absolute atomic E-state index is 14.6. The summed E-state index contributed by atoms with van der Waals surface area (Å²) >= 11 is 6.42. The second kappa shape index (κ2) is 14.5. The smallest absolute Gasteiger partial charge is 0.287 e. The number of aryl methyl sites for hydroxylation is 1. The average molecular weight is 672 g/mol. The summed E-state index contributed by atoms with van der Waals surface area (Å²) in [7, 11) is -1.98. The van der Waals surface area contributed by atoms with Gasteiger partial charge in [0.2, 0.25) is 5.91 Å². The first kappa shape index (κ1) is 34.4. The highest BCUT2D eigenvalue weighted by atomic mass is 35.5. The van der Waals surface area contributed by atoms with E-state index in [2.05, 4.69) is 33.0 Å². The van der Waals surface area contributed by atoms with Crippen LogP contribution in [-0.4, -0.2) is 61.1 Å². The van der Waals surface area contributed by atoms with Gasteiger partial charge in [0.15, 0.2) is 9.92 Å². The van der Waals surface area contributed by atoms with Crippen LogP contribution in [0, 0.1) is 11.8 Å². The van der Waals surface area contributed by atoms with Crippen molar-refractivity contribution in [2.75, 3.05) is 38.3 Å². The SMILES string of the molecule is CCCc1cc(Cl)ccc1C1COc2ccc3cc2N(C1)C[C@@H]1CCC1C(OC)/C=C/COC(C)(C)C(=O)N=S3(=O)NC(=O)CC. The van der Waals surface area contributed by atoms with Crippen molar-refractivity contribution in [1.29, 1.82) is 0 Å². The third-order valence-electron chi connectivity index (χ3n) is 9.33. The van der Waals surface area contributed by atoms with Gasteiger partial charge in [-0.3, -0.25) is 14.3 Å². The molecule has 2 bridgehead atoms. The molecule has 1 N–H and O–H groups in total. The van der Waals surface area contributed by atoms with E-state index < -0.39 is 27.3 Å². The first-order valence-electron chi connectivity index (χ1n) is 16.2. The highest BCUT2D eigenvalue weighted by Gasteiger charge is 2.39. The van der Waals surface area contributed by atoms with Crippen LogP contribution in [-0.2, 0) is 35.4 Å². The third kappa shape index (κ3) is 7.46. The van der Waals surface area contributed by atoms with E-state index in [-0.39, 0.29) is 29.9 Å². The van der Waals surface area contributed by atoms with Crippen LogP contribution in [0.1, 0.15) is 70.4 Å². The summed E-state index contributed by atoms with van der Waals surface area (Å²) in [6.45, 7) is 8.99. The number of amides is 2. The summed E-state index contributed by atoms with van der Waals surface area (Å²) in [5.41, 5.74) is 1.79. The zero-order valence-electron chi connectivity index (χ0n) is 27.4. The number of halogens is 1. The predicted octanol–water partition coefficient (Wildman–Crippen LogP) is 6.48. The Hall–Kier alpha value is -2.92. The quantitative estimate of drug-likeness (QED) is 0.351. The molecule has 2 aromatic rings. The van der Waals surface area contributed by atoms with Gasteiger partial charge in [0, 0.05) is 37.6 Å². The number of hydrogen-bond donors (Lipinski definition) is 1. The first-order chi connectivity index (χ1) is 22.0. The normalized spacial score (nSPS) is 28.5. The lowest BCUT2D eigenvalue weighted by molar-refractivity contribution is -0.137. The summed E-state index contributed by atoms with van der Waals surface area (Å²) in [6, 6.07) is 11.3. The van der Waals surface area contributed by atoms with Gasteiger partial charge in [0.25, 0.3) is 5.91 Å². The molecule has 2 heterocycles. The highest BCUT2D eigenvalue weighted by Crippen LogP contribution is 2.43. The second-order valence-electron chi connectivity index (χ2n) is 12.9. The second-order valence-corrected chi connectivity index (χ2v) is 15.2. The molecule has 2 aromatic carbocycles. The molecular formula is C35H46ClN3O6S. The lowest BCUT2D eigenvalue weighted by Crippen LogP contribution is -2.44. The van der Waals surface area contributed by atoms with Crippen LogP contribution in [0.5, 0.6) is 5.75 Å². The van der Waals surface area contributed by atoms with Crippen LogP contribution in [0.15, 0.2) is 57.8 Å². The highest BCUT2D eigenvalue weighted by molar-refractivity contribution is 7.92. The lowest BCUT2D eigenvalue weighted by atomic mass is 9.70. The number of methoxy groups -OCH3 is 1. The van der Waals surface area contributed by atoms with Crippen molar-refractivity contribution in [3.05, 3.63) is 64.7 Å². The Morgan fingerprint density at radius 2 is 1.98 bits per heavy atom. The van der Waals surface area contributed by atoms with E-state index in [1.807, 2.05) is 18.2 Å². The maximum Gasteiger partial charge on any atom is 0.287 e. The predicted molar refractivity (Wildman–Crippen MR) is 181 cm³/mol. The lowest BCUT2D eigenvalue weighted by Gasteiger charge is -2.43. The number of rotatable bonds is 6. The molecule has 0 saturated heterocycles. The molecule has 4 unspecified atom stereocenters. The number of nitrogens with one attached hydrogen (secondary N) is 1. The summed E-state index contributed by atoms with van der Waals surface area (Å²) < 4.78 is 39.6. The topological polar surface area (TPSA) is 107 Å². The van der Waals surface area contributed by atoms with Gasteiger partial charge in [-0.1, -0.05) is 50.1 Å². The molecule has 250 valence electrons. The van der Waals surface area contributed by atoms with Crippen LogP contribution >= 0.6 is 11.6 Å². The number of benzene rings is 2. The minimum absolute atomic E-state index is 0.0465.